The molecule has 16 aromatic rings. The minimum atomic E-state index is -0.651. The van der Waals surface area contributed by atoms with Crippen molar-refractivity contribution < 1.29 is 39.9 Å². The average molecular weight is 1930 g/mol. The Morgan fingerprint density at radius 2 is 0.510 bits per heavy atom. The van der Waals surface area contributed by atoms with E-state index in [9.17, 15) is 39.9 Å². The molecule has 0 spiro atoms. The van der Waals surface area contributed by atoms with Gasteiger partial charge in [0, 0.05) is 182 Å². The van der Waals surface area contributed by atoms with E-state index >= 15 is 0 Å². The highest BCUT2D eigenvalue weighted by atomic mass is 19.2. The van der Waals surface area contributed by atoms with Gasteiger partial charge in [0.1, 0.15) is 69.8 Å². The monoisotopic (exact) mass is 1930 g/mol. The minimum absolute atomic E-state index is 0.0613. The van der Waals surface area contributed by atoms with Gasteiger partial charge < -0.3 is 46.1 Å². The predicted octanol–water partition coefficient (Wildman–Crippen LogP) is 28.8. The number of hydrogen-bond acceptors (Lipinski definition) is 13. The number of anilines is 4. The Balaban J connectivity index is 0.000000109. The van der Waals surface area contributed by atoms with Crippen molar-refractivity contribution in [3.05, 3.63) is 263 Å². The molecule has 8 bridgehead atoms. The Kier molecular flexibility index (Phi) is 26.1. The zero-order valence-electron chi connectivity index (χ0n) is 81.5. The van der Waals surface area contributed by atoms with E-state index in [1.807, 2.05) is 89.8 Å². The van der Waals surface area contributed by atoms with Crippen molar-refractivity contribution in [2.45, 2.75) is 195 Å². The zero-order chi connectivity index (χ0) is 98.3. The summed E-state index contributed by atoms with van der Waals surface area (Å²) in [5, 5.41) is 16.7. The van der Waals surface area contributed by atoms with E-state index in [0.29, 0.717) is 156 Å². The molecule has 1 amide bonds. The summed E-state index contributed by atoms with van der Waals surface area (Å²) in [5.41, 5.74) is 14.3. The number of H-pyrrole nitrogens is 4. The lowest BCUT2D eigenvalue weighted by atomic mass is 9.62. The van der Waals surface area contributed by atoms with E-state index < -0.39 is 46.5 Å². The van der Waals surface area contributed by atoms with Crippen LogP contribution in [-0.2, 0) is 0 Å². The number of nitrogens with zero attached hydrogens (tertiary/aromatic N) is 9. The number of halogens is 8. The van der Waals surface area contributed by atoms with Crippen LogP contribution in [0.1, 0.15) is 177 Å². The second-order valence-electron chi connectivity index (χ2n) is 42.2. The molecule has 1 aliphatic heterocycles. The van der Waals surface area contributed by atoms with Gasteiger partial charge in [-0.15, -0.1) is 0 Å². The molecule has 26 heteroatoms. The first-order valence-corrected chi connectivity index (χ1v) is 51.4. The summed E-state index contributed by atoms with van der Waals surface area (Å²) in [6, 6.07) is 50.4. The van der Waals surface area contributed by atoms with Crippen molar-refractivity contribution in [2.24, 2.45) is 71.0 Å². The van der Waals surface area contributed by atoms with Crippen LogP contribution in [-0.4, -0.2) is 108 Å². The largest absolute Gasteiger partial charge is 0.367 e. The summed E-state index contributed by atoms with van der Waals surface area (Å²) >= 11 is 0. The molecule has 8 aromatic heterocycles. The average Bonchev–Trinajstić information content (AvgIpc) is 1.22. The number of fused-ring (bicyclic) bond motifs is 16. The number of hydrogen-bond donors (Lipinski definition) is 8. The summed E-state index contributed by atoms with van der Waals surface area (Å²) < 4.78 is 114. The first-order chi connectivity index (χ1) is 69.3. The van der Waals surface area contributed by atoms with Crippen LogP contribution in [0.2, 0.25) is 0 Å². The molecule has 12 aliphatic carbocycles. The van der Waals surface area contributed by atoms with Crippen molar-refractivity contribution in [3.8, 4) is 90.6 Å². The Bertz CT molecular complexity index is 6880. The van der Waals surface area contributed by atoms with E-state index in [1.54, 1.807) is 24.8 Å². The lowest BCUT2D eigenvalue weighted by molar-refractivity contribution is 0.0724. The van der Waals surface area contributed by atoms with Crippen LogP contribution in [0, 0.1) is 138 Å². The fourth-order valence-corrected chi connectivity index (χ4v) is 25.4. The molecule has 13 aliphatic rings. The lowest BCUT2D eigenvalue weighted by Gasteiger charge is -2.47. The lowest BCUT2D eigenvalue weighted by Crippen LogP contribution is -2.47. The topological polar surface area (TPSA) is 235 Å². The number of carbonyl (C=O) groups excluding carboxylic acids is 1. The van der Waals surface area contributed by atoms with Gasteiger partial charge in [-0.1, -0.05) is 129 Å². The third-order valence-corrected chi connectivity index (χ3v) is 33.6. The fourth-order valence-electron chi connectivity index (χ4n) is 25.4. The standard InChI is InChI=1S/C33H35F2N5O.3C28H28F2N4/c1-19-20-5-9-22(10-6-20)30(19)38-29-17-28(21-7-11-23(12-8-21)33(41)40-13-3-2-4-14-40)37-32(39-29)26-18-36-31-25(26)15-24(34)16-27(31)35;3*1-15-3-5-18(6-4-15)24-13-25(33-26-16(2)17-7-9-19(26)10-8-17)34-28(32-24)22-14-31-27-21(22)11-20(29)12-23(27)30/h7-8,11-12,15-20,22,30,36H,2-6,9-10,13-14H2,1H3,(H,37,38,39);3*3-6,11-14,16-17,19,26,31H,7-10H2,1-2H3,(H,32,33,34)/t;2*16-,17?,19?,26+;/m.10./s1. The third-order valence-electron chi connectivity index (χ3n) is 33.6. The summed E-state index contributed by atoms with van der Waals surface area (Å²) in [6.45, 7) is 17.1. The van der Waals surface area contributed by atoms with Gasteiger partial charge in [0.15, 0.2) is 23.3 Å². The van der Waals surface area contributed by atoms with Crippen molar-refractivity contribution >= 4 is 72.8 Å². The number of carbonyl (C=O) groups is 1. The van der Waals surface area contributed by atoms with Gasteiger partial charge in [0.05, 0.1) is 44.8 Å². The van der Waals surface area contributed by atoms with Crippen molar-refractivity contribution in [2.75, 3.05) is 34.4 Å². The molecule has 12 saturated carbocycles. The number of benzene rings is 8. The maximum atomic E-state index is 14.5. The first kappa shape index (κ1) is 94.3. The quantitative estimate of drug-likeness (QED) is 0.0397. The number of aryl methyl sites for hydroxylation is 3. The van der Waals surface area contributed by atoms with Crippen molar-refractivity contribution in [1.82, 2.24) is 64.7 Å². The second-order valence-corrected chi connectivity index (χ2v) is 42.2. The summed E-state index contributed by atoms with van der Waals surface area (Å²) in [6.07, 6.45) is 30.4. The van der Waals surface area contributed by atoms with Gasteiger partial charge in [0.2, 0.25) is 0 Å². The van der Waals surface area contributed by atoms with Crippen LogP contribution < -0.4 is 21.3 Å². The molecule has 18 nitrogen and oxygen atoms in total. The Hall–Kier alpha value is -13.7. The third kappa shape index (κ3) is 19.2. The molecule has 9 heterocycles. The number of aromatic amines is 4. The molecular weight excluding hydrogens is 1810 g/mol. The summed E-state index contributed by atoms with van der Waals surface area (Å²) in [4.78, 5) is 65.5. The van der Waals surface area contributed by atoms with Crippen LogP contribution in [0.5, 0.6) is 0 Å². The molecule has 8 N–H and O–H groups in total. The molecular formula is C117H119F8N17O. The number of piperidine rings is 1. The maximum absolute atomic E-state index is 14.5. The van der Waals surface area contributed by atoms with Gasteiger partial charge in [-0.05, 0) is 250 Å². The van der Waals surface area contributed by atoms with Gasteiger partial charge in [0.25, 0.3) is 5.91 Å². The summed E-state index contributed by atoms with van der Waals surface area (Å²) in [7, 11) is 0. The van der Waals surface area contributed by atoms with Crippen LogP contribution in [0.4, 0.5) is 58.4 Å². The van der Waals surface area contributed by atoms with Crippen LogP contribution >= 0.6 is 0 Å². The fraction of sp³-hybridized carbons (Fsp3) is 0.376. The van der Waals surface area contributed by atoms with Crippen molar-refractivity contribution in [3.63, 3.8) is 0 Å². The van der Waals surface area contributed by atoms with Gasteiger partial charge >= 0.3 is 0 Å². The molecule has 143 heavy (non-hydrogen) atoms. The summed E-state index contributed by atoms with van der Waals surface area (Å²) in [5.74, 6) is 7.64. The molecule has 734 valence electrons. The number of nitrogens with one attached hydrogen (secondary N) is 8. The zero-order valence-corrected chi connectivity index (χ0v) is 81.5. The van der Waals surface area contributed by atoms with Crippen LogP contribution in [0.3, 0.4) is 0 Å². The highest BCUT2D eigenvalue weighted by Crippen LogP contribution is 2.52. The number of rotatable bonds is 17. The highest BCUT2D eigenvalue weighted by Gasteiger charge is 2.46. The molecule has 13 fully saturated rings. The Morgan fingerprint density at radius 1 is 0.287 bits per heavy atom. The SMILES string of the molecule is CC1C2CCC(CC2)C1Nc1cc(-c2ccc(C(=O)N3CCCCC3)cc2)nc(-c2c[nH]c3c(F)cc(F)cc23)n1.Cc1ccc(-c2cc(NC3C4CCC(CC4)C3C)nc(-c3c[nH]c4c(F)cc(F)cc34)n2)cc1.Cc1ccc(-c2cc(N[C@@H]3C4CCC(CC4)[C@H]3C)nc(-c3c[nH]c4c(F)cc(F)cc34)n2)cc1.Cc1ccc(-c2cc(N[C@H]3C4CCC(CC4)[C@@H]3C)nc(-c3c[nH]c4c(F)cc(F)cc34)n2)cc1. The van der Waals surface area contributed by atoms with E-state index in [0.717, 1.165) is 131 Å². The van der Waals surface area contributed by atoms with Gasteiger partial charge in [-0.2, -0.15) is 0 Å². The number of likely N-dealkylation sites (tertiary alicyclic amines) is 1. The Morgan fingerprint density at radius 3 is 0.741 bits per heavy atom. The van der Waals surface area contributed by atoms with E-state index in [2.05, 4.69) is 126 Å². The Labute approximate surface area is 826 Å². The van der Waals surface area contributed by atoms with E-state index in [4.69, 9.17) is 39.9 Å². The molecule has 1 saturated heterocycles. The molecule has 0 radical (unpaired) electrons. The normalized spacial score (nSPS) is 24.0. The number of amides is 1. The van der Waals surface area contributed by atoms with Crippen molar-refractivity contribution in [1.29, 1.82) is 0 Å². The molecule has 8 aromatic carbocycles. The molecule has 29 rings (SSSR count). The highest BCUT2D eigenvalue weighted by molar-refractivity contribution is 5.99. The first-order valence-electron chi connectivity index (χ1n) is 51.4. The smallest absolute Gasteiger partial charge is 0.253 e. The van der Waals surface area contributed by atoms with Crippen LogP contribution in [0.15, 0.2) is 195 Å². The van der Waals surface area contributed by atoms with Crippen LogP contribution in [0.25, 0.3) is 134 Å². The predicted molar refractivity (Wildman–Crippen MR) is 551 cm³/mol. The maximum Gasteiger partial charge on any atom is 0.253 e. The molecule has 4 unspecified atom stereocenters. The van der Waals surface area contributed by atoms with Gasteiger partial charge in [-0.3, -0.25) is 4.79 Å². The minimum Gasteiger partial charge on any atom is -0.367 e. The van der Waals surface area contributed by atoms with Gasteiger partial charge in [-0.25, -0.2) is 75.0 Å². The van der Waals surface area contributed by atoms with E-state index in [-0.39, 0.29) is 28.0 Å². The van der Waals surface area contributed by atoms with E-state index in [1.165, 1.54) is 150 Å². The molecule has 8 atom stereocenters. The number of aromatic nitrogens is 12. The second kappa shape index (κ2) is 39.6.